The monoisotopic (exact) mass is 312 g/mol. The molecule has 2 aromatic heterocycles. The number of para-hydroxylation sites is 2. The Morgan fingerprint density at radius 3 is 2.96 bits per heavy atom. The average Bonchev–Trinajstić information content (AvgIpc) is 3.12. The maximum atomic E-state index is 12.6. The number of nitrogens with one attached hydrogen (secondary N) is 1. The van der Waals surface area contributed by atoms with Crippen LogP contribution in [0.25, 0.3) is 16.7 Å². The molecular formula is C16H16N4O3. The molecule has 1 aliphatic heterocycles. The average molecular weight is 312 g/mol. The molecule has 0 aliphatic carbocycles. The fraction of sp³-hybridized carbons (Fsp3) is 0.312. The van der Waals surface area contributed by atoms with Crippen molar-refractivity contribution in [3.63, 3.8) is 0 Å². The van der Waals surface area contributed by atoms with Gasteiger partial charge in [-0.05, 0) is 25.0 Å². The van der Waals surface area contributed by atoms with Crippen LogP contribution in [0, 0.1) is 5.92 Å². The van der Waals surface area contributed by atoms with Crippen molar-refractivity contribution < 1.29 is 14.7 Å². The molecule has 7 nitrogen and oxygen atoms in total. The van der Waals surface area contributed by atoms with Gasteiger partial charge in [-0.2, -0.15) is 5.10 Å². The van der Waals surface area contributed by atoms with Crippen molar-refractivity contribution in [3.05, 3.63) is 36.0 Å². The number of imidazole rings is 1. The highest BCUT2D eigenvalue weighted by atomic mass is 16.4. The first-order chi connectivity index (χ1) is 11.1. The normalized spacial score (nSPS) is 18.6. The van der Waals surface area contributed by atoms with Crippen molar-refractivity contribution in [1.82, 2.24) is 19.5 Å². The van der Waals surface area contributed by atoms with Crippen molar-refractivity contribution >= 4 is 28.6 Å². The number of piperidine rings is 1. The summed E-state index contributed by atoms with van der Waals surface area (Å²) in [6.07, 6.45) is 1.32. The second-order valence-electron chi connectivity index (χ2n) is 5.90. The van der Waals surface area contributed by atoms with Gasteiger partial charge < -0.3 is 15.0 Å². The highest BCUT2D eigenvalue weighted by Crippen LogP contribution is 2.21. The molecule has 0 spiro atoms. The van der Waals surface area contributed by atoms with Gasteiger partial charge in [-0.15, -0.1) is 0 Å². The van der Waals surface area contributed by atoms with Gasteiger partial charge in [0, 0.05) is 19.2 Å². The Kier molecular flexibility index (Phi) is 3.07. The molecule has 0 saturated carbocycles. The van der Waals surface area contributed by atoms with E-state index < -0.39 is 11.9 Å². The lowest BCUT2D eigenvalue weighted by Crippen LogP contribution is -2.42. The molecule has 4 rings (SSSR count). The van der Waals surface area contributed by atoms with E-state index in [1.165, 1.54) is 0 Å². The third-order valence-electron chi connectivity index (χ3n) is 4.38. The van der Waals surface area contributed by atoms with E-state index in [-0.39, 0.29) is 12.5 Å². The lowest BCUT2D eigenvalue weighted by molar-refractivity contribution is -0.143. The van der Waals surface area contributed by atoms with Gasteiger partial charge in [0.05, 0.1) is 17.0 Å². The summed E-state index contributed by atoms with van der Waals surface area (Å²) in [6, 6.07) is 9.45. The third-order valence-corrected chi connectivity index (χ3v) is 4.38. The van der Waals surface area contributed by atoms with Crippen molar-refractivity contribution in [2.45, 2.75) is 12.8 Å². The summed E-state index contributed by atoms with van der Waals surface area (Å²) in [5.74, 6) is -1.54. The summed E-state index contributed by atoms with van der Waals surface area (Å²) in [5, 5.41) is 13.5. The van der Waals surface area contributed by atoms with Crippen LogP contribution in [0.5, 0.6) is 0 Å². The predicted molar refractivity (Wildman–Crippen MR) is 83.3 cm³/mol. The topological polar surface area (TPSA) is 90.7 Å². The first-order valence-electron chi connectivity index (χ1n) is 7.62. The molecule has 1 fully saturated rings. The number of rotatable bonds is 2. The number of hydrogen-bond acceptors (Lipinski definition) is 3. The molecule has 0 bridgehead atoms. The Bertz CT molecular complexity index is 910. The summed E-state index contributed by atoms with van der Waals surface area (Å²) in [7, 11) is 0. The number of carboxylic acids is 1. The zero-order chi connectivity index (χ0) is 16.0. The van der Waals surface area contributed by atoms with Gasteiger partial charge in [0.1, 0.15) is 5.65 Å². The highest BCUT2D eigenvalue weighted by molar-refractivity contribution is 5.94. The van der Waals surface area contributed by atoms with E-state index in [0.29, 0.717) is 25.1 Å². The van der Waals surface area contributed by atoms with E-state index in [9.17, 15) is 9.59 Å². The van der Waals surface area contributed by atoms with Crippen LogP contribution in [0.2, 0.25) is 0 Å². The van der Waals surface area contributed by atoms with Gasteiger partial charge in [-0.25, -0.2) is 4.52 Å². The molecule has 0 radical (unpaired) electrons. The molecule has 1 amide bonds. The first-order valence-corrected chi connectivity index (χ1v) is 7.62. The quantitative estimate of drug-likeness (QED) is 0.754. The second kappa shape index (κ2) is 5.12. The Hall–Kier alpha value is -2.83. The van der Waals surface area contributed by atoms with Crippen LogP contribution in [-0.2, 0) is 4.79 Å². The number of likely N-dealkylation sites (tertiary alicyclic amines) is 1. The minimum atomic E-state index is -0.842. The van der Waals surface area contributed by atoms with E-state index in [1.807, 2.05) is 24.3 Å². The minimum Gasteiger partial charge on any atom is -0.481 e. The zero-order valence-electron chi connectivity index (χ0n) is 12.4. The number of nitrogens with zero attached hydrogens (tertiary/aromatic N) is 3. The highest BCUT2D eigenvalue weighted by Gasteiger charge is 2.29. The maximum absolute atomic E-state index is 12.6. The van der Waals surface area contributed by atoms with Gasteiger partial charge in [0.25, 0.3) is 5.91 Å². The van der Waals surface area contributed by atoms with Gasteiger partial charge in [0.2, 0.25) is 0 Å². The summed E-state index contributed by atoms with van der Waals surface area (Å²) < 4.78 is 1.71. The molecule has 7 heteroatoms. The lowest BCUT2D eigenvalue weighted by atomic mass is 9.98. The summed E-state index contributed by atoms with van der Waals surface area (Å²) in [4.78, 5) is 28.6. The van der Waals surface area contributed by atoms with E-state index in [1.54, 1.807) is 15.5 Å². The first kappa shape index (κ1) is 13.8. The molecular weight excluding hydrogens is 296 g/mol. The van der Waals surface area contributed by atoms with Crippen LogP contribution in [0.15, 0.2) is 30.3 Å². The number of aromatic nitrogens is 3. The summed E-state index contributed by atoms with van der Waals surface area (Å²) >= 11 is 0. The second-order valence-corrected chi connectivity index (χ2v) is 5.90. The number of aromatic amines is 1. The van der Waals surface area contributed by atoms with Gasteiger partial charge >= 0.3 is 5.97 Å². The standard InChI is InChI=1S/C16H16N4O3/c21-15(19-7-3-4-10(9-19)16(22)23)12-8-14-17-11-5-1-2-6-13(11)20(14)18-12/h1-2,5-6,8,10,17H,3-4,7,9H2,(H,22,23)/t10-/m0/s1. The van der Waals surface area contributed by atoms with Gasteiger partial charge in [-0.1, -0.05) is 12.1 Å². The smallest absolute Gasteiger partial charge is 0.308 e. The molecule has 2 N–H and O–H groups in total. The van der Waals surface area contributed by atoms with Crippen LogP contribution in [0.1, 0.15) is 23.3 Å². The summed E-state index contributed by atoms with van der Waals surface area (Å²) in [5.41, 5.74) is 2.95. The van der Waals surface area contributed by atoms with Crippen molar-refractivity contribution in [3.8, 4) is 0 Å². The molecule has 1 aliphatic rings. The third kappa shape index (κ3) is 2.25. The molecule has 118 valence electrons. The predicted octanol–water partition coefficient (Wildman–Crippen LogP) is 1.75. The van der Waals surface area contributed by atoms with Crippen molar-refractivity contribution in [1.29, 1.82) is 0 Å². The molecule has 1 saturated heterocycles. The van der Waals surface area contributed by atoms with Gasteiger partial charge in [0.15, 0.2) is 5.69 Å². The maximum Gasteiger partial charge on any atom is 0.308 e. The van der Waals surface area contributed by atoms with Crippen LogP contribution in [0.3, 0.4) is 0 Å². The van der Waals surface area contributed by atoms with E-state index in [2.05, 4.69) is 10.1 Å². The number of carboxylic acid groups (broad SMARTS) is 1. The zero-order valence-corrected chi connectivity index (χ0v) is 12.4. The number of fused-ring (bicyclic) bond motifs is 3. The number of amides is 1. The molecule has 3 heterocycles. The molecule has 23 heavy (non-hydrogen) atoms. The van der Waals surface area contributed by atoms with E-state index in [0.717, 1.165) is 16.7 Å². The van der Waals surface area contributed by atoms with E-state index in [4.69, 9.17) is 5.11 Å². The van der Waals surface area contributed by atoms with Crippen LogP contribution in [0.4, 0.5) is 0 Å². The largest absolute Gasteiger partial charge is 0.481 e. The lowest BCUT2D eigenvalue weighted by Gasteiger charge is -2.30. The molecule has 1 aromatic carbocycles. The fourth-order valence-electron chi connectivity index (χ4n) is 3.19. The SMILES string of the molecule is O=C(O)[C@H]1CCCN(C(=O)c2cc3[nH]c4ccccc4n3n2)C1. The van der Waals surface area contributed by atoms with Gasteiger partial charge in [-0.3, -0.25) is 9.59 Å². The van der Waals surface area contributed by atoms with E-state index >= 15 is 0 Å². The molecule has 0 unspecified atom stereocenters. The Labute approximate surface area is 131 Å². The number of aliphatic carboxylic acids is 1. The van der Waals surface area contributed by atoms with Crippen molar-refractivity contribution in [2.24, 2.45) is 5.92 Å². The Morgan fingerprint density at radius 2 is 2.13 bits per heavy atom. The number of carbonyl (C=O) groups excluding carboxylic acids is 1. The number of hydrogen-bond donors (Lipinski definition) is 2. The molecule has 3 aromatic rings. The Morgan fingerprint density at radius 1 is 1.30 bits per heavy atom. The number of carbonyl (C=O) groups is 2. The molecule has 1 atom stereocenters. The minimum absolute atomic E-state index is 0.211. The van der Waals surface area contributed by atoms with Crippen LogP contribution >= 0.6 is 0 Å². The summed E-state index contributed by atoms with van der Waals surface area (Å²) in [6.45, 7) is 0.829. The van der Waals surface area contributed by atoms with Crippen LogP contribution in [-0.4, -0.2) is 49.6 Å². The Balaban J connectivity index is 1.65. The van der Waals surface area contributed by atoms with Crippen LogP contribution < -0.4 is 0 Å². The fourth-order valence-corrected chi connectivity index (χ4v) is 3.19. The number of benzene rings is 1. The number of H-pyrrole nitrogens is 1. The van der Waals surface area contributed by atoms with Crippen molar-refractivity contribution in [2.75, 3.05) is 13.1 Å².